The molecule has 3 unspecified atom stereocenters. The molecule has 0 saturated carbocycles. The van der Waals surface area contributed by atoms with E-state index in [1.165, 1.54) is 0 Å². The first-order valence-corrected chi connectivity index (χ1v) is 18.8. The molecule has 17 heteroatoms. The molecule has 17 nitrogen and oxygen atoms in total. The third-order valence-electron chi connectivity index (χ3n) is 7.61. The summed E-state index contributed by atoms with van der Waals surface area (Å²) in [7, 11) is 0. The number of amides is 5. The summed E-state index contributed by atoms with van der Waals surface area (Å²) in [5.41, 5.74) is 5.51. The highest BCUT2D eigenvalue weighted by Crippen LogP contribution is 2.29. The zero-order chi connectivity index (χ0) is 41.9. The Balaban J connectivity index is 0.00000377. The zero-order valence-electron chi connectivity index (χ0n) is 33.7. The molecule has 0 saturated heterocycles. The van der Waals surface area contributed by atoms with Crippen LogP contribution in [-0.4, -0.2) is 104 Å². The molecule has 0 aromatic heterocycles. The number of carbonyl (C=O) groups excluding carboxylic acids is 6. The first-order valence-electron chi connectivity index (χ1n) is 18.8. The van der Waals surface area contributed by atoms with Gasteiger partial charge >= 0.3 is 12.0 Å². The van der Waals surface area contributed by atoms with Crippen LogP contribution in [0.2, 0.25) is 0 Å². The number of urea groups is 1. The molecule has 0 fully saturated rings. The summed E-state index contributed by atoms with van der Waals surface area (Å²) in [6.45, 7) is 14.5. The van der Waals surface area contributed by atoms with Crippen molar-refractivity contribution in [2.75, 3.05) is 44.8 Å². The summed E-state index contributed by atoms with van der Waals surface area (Å²) in [5.74, 6) is -2.40. The maximum Gasteiger partial charge on any atom is 0.312 e. The molecular formula is C38H65N5O12. The number of anilines is 1. The van der Waals surface area contributed by atoms with E-state index in [-0.39, 0.29) is 93.2 Å². The minimum absolute atomic E-state index is 0.000590. The van der Waals surface area contributed by atoms with Crippen LogP contribution >= 0.6 is 0 Å². The molecule has 0 heterocycles. The van der Waals surface area contributed by atoms with Crippen molar-refractivity contribution in [1.29, 1.82) is 0 Å². The van der Waals surface area contributed by atoms with E-state index < -0.39 is 48.7 Å². The molecule has 5 amide bonds. The SMILES string of the molecule is CCC(O)CC(OCCO)Oc1cc(COC(=O)C(C)C)ccc1NC(=O)CNC(=O)C(NC(=O)CCOCCC(=O)C(C)C)C(C)C.CCCNC(N)=O. The summed E-state index contributed by atoms with van der Waals surface area (Å²) < 4.78 is 22.3. The Kier molecular flexibility index (Phi) is 26.8. The fourth-order valence-electron chi connectivity index (χ4n) is 4.27. The molecule has 0 aliphatic rings. The lowest BCUT2D eigenvalue weighted by atomic mass is 10.0. The summed E-state index contributed by atoms with van der Waals surface area (Å²) in [6.07, 6.45) is -0.00593. The lowest BCUT2D eigenvalue weighted by Gasteiger charge is -2.24. The fourth-order valence-corrected chi connectivity index (χ4v) is 4.27. The van der Waals surface area contributed by atoms with Crippen LogP contribution in [0.3, 0.4) is 0 Å². The summed E-state index contributed by atoms with van der Waals surface area (Å²) in [6, 6.07) is 3.39. The lowest BCUT2D eigenvalue weighted by Crippen LogP contribution is -2.51. The highest BCUT2D eigenvalue weighted by atomic mass is 16.7. The van der Waals surface area contributed by atoms with Crippen LogP contribution in [0.5, 0.6) is 5.75 Å². The Morgan fingerprint density at radius 3 is 2.09 bits per heavy atom. The molecule has 1 aromatic rings. The van der Waals surface area contributed by atoms with E-state index in [0.717, 1.165) is 6.42 Å². The lowest BCUT2D eigenvalue weighted by molar-refractivity contribution is -0.148. The van der Waals surface area contributed by atoms with Crippen molar-refractivity contribution in [3.8, 4) is 5.75 Å². The molecule has 0 spiro atoms. The Morgan fingerprint density at radius 1 is 0.873 bits per heavy atom. The van der Waals surface area contributed by atoms with Gasteiger partial charge in [-0.15, -0.1) is 0 Å². The average molecular weight is 784 g/mol. The van der Waals surface area contributed by atoms with E-state index in [1.807, 2.05) is 20.8 Å². The number of carbonyl (C=O) groups is 6. The summed E-state index contributed by atoms with van der Waals surface area (Å²) in [5, 5.41) is 29.8. The molecule has 314 valence electrons. The van der Waals surface area contributed by atoms with Crippen molar-refractivity contribution in [2.24, 2.45) is 23.5 Å². The third kappa shape index (κ3) is 23.9. The molecule has 0 aliphatic heterocycles. The minimum atomic E-state index is -0.973. The Morgan fingerprint density at radius 2 is 1.55 bits per heavy atom. The third-order valence-corrected chi connectivity index (χ3v) is 7.61. The second-order valence-electron chi connectivity index (χ2n) is 13.6. The Hall–Kier alpha value is -4.32. The molecular weight excluding hydrogens is 718 g/mol. The molecule has 1 aromatic carbocycles. The number of rotatable bonds is 26. The predicted molar refractivity (Wildman–Crippen MR) is 206 cm³/mol. The van der Waals surface area contributed by atoms with Crippen molar-refractivity contribution in [3.63, 3.8) is 0 Å². The van der Waals surface area contributed by atoms with Gasteiger partial charge in [0.25, 0.3) is 0 Å². The number of nitrogens with one attached hydrogen (secondary N) is 4. The predicted octanol–water partition coefficient (Wildman–Crippen LogP) is 2.54. The van der Waals surface area contributed by atoms with Crippen LogP contribution in [-0.2, 0) is 44.8 Å². The van der Waals surface area contributed by atoms with Gasteiger partial charge in [-0.25, -0.2) is 4.79 Å². The van der Waals surface area contributed by atoms with Crippen LogP contribution in [0.15, 0.2) is 18.2 Å². The van der Waals surface area contributed by atoms with Crippen LogP contribution in [0.1, 0.15) is 93.1 Å². The van der Waals surface area contributed by atoms with Crippen molar-refractivity contribution in [3.05, 3.63) is 23.8 Å². The smallest absolute Gasteiger partial charge is 0.312 e. The molecule has 0 bridgehead atoms. The van der Waals surface area contributed by atoms with Gasteiger partial charge in [0.05, 0.1) is 50.7 Å². The highest BCUT2D eigenvalue weighted by molar-refractivity contribution is 5.97. The maximum absolute atomic E-state index is 13.0. The maximum atomic E-state index is 13.0. The van der Waals surface area contributed by atoms with Gasteiger partial charge in [-0.05, 0) is 36.5 Å². The van der Waals surface area contributed by atoms with Crippen molar-refractivity contribution < 1.29 is 57.9 Å². The highest BCUT2D eigenvalue weighted by Gasteiger charge is 2.25. The van der Waals surface area contributed by atoms with Crippen LogP contribution < -0.4 is 31.7 Å². The quantitative estimate of drug-likeness (QED) is 0.0407. The normalized spacial score (nSPS) is 12.5. The second kappa shape index (κ2) is 29.0. The second-order valence-corrected chi connectivity index (χ2v) is 13.6. The average Bonchev–Trinajstić information content (AvgIpc) is 3.13. The van der Waals surface area contributed by atoms with E-state index in [1.54, 1.807) is 52.8 Å². The number of aliphatic hydroxyl groups excluding tert-OH is 2. The molecule has 0 aliphatic carbocycles. The van der Waals surface area contributed by atoms with E-state index in [4.69, 9.17) is 24.7 Å². The van der Waals surface area contributed by atoms with Crippen LogP contribution in [0, 0.1) is 17.8 Å². The number of Topliss-reactive ketones (excluding diaryl/α,β-unsaturated/α-hetero) is 1. The largest absolute Gasteiger partial charge is 0.463 e. The van der Waals surface area contributed by atoms with Crippen molar-refractivity contribution in [1.82, 2.24) is 16.0 Å². The molecule has 55 heavy (non-hydrogen) atoms. The first kappa shape index (κ1) is 50.7. The monoisotopic (exact) mass is 783 g/mol. The molecule has 3 atom stereocenters. The van der Waals surface area contributed by atoms with Gasteiger partial charge in [-0.1, -0.05) is 61.5 Å². The van der Waals surface area contributed by atoms with Gasteiger partial charge < -0.3 is 56.2 Å². The van der Waals surface area contributed by atoms with Crippen LogP contribution in [0.4, 0.5) is 10.5 Å². The van der Waals surface area contributed by atoms with E-state index in [2.05, 4.69) is 21.3 Å². The molecule has 1 rings (SSSR count). The number of hydrogen-bond acceptors (Lipinski definition) is 12. The van der Waals surface area contributed by atoms with Gasteiger partial charge in [0, 0.05) is 31.7 Å². The van der Waals surface area contributed by atoms with Gasteiger partial charge in [0.1, 0.15) is 24.2 Å². The van der Waals surface area contributed by atoms with E-state index in [9.17, 15) is 39.0 Å². The Labute approximate surface area is 325 Å². The zero-order valence-corrected chi connectivity index (χ0v) is 33.7. The Bertz CT molecular complexity index is 1320. The number of ether oxygens (including phenoxy) is 4. The number of primary amides is 1. The number of esters is 1. The first-order chi connectivity index (χ1) is 25.9. The minimum Gasteiger partial charge on any atom is -0.463 e. The molecule has 0 radical (unpaired) electrons. The fraction of sp³-hybridized carbons (Fsp3) is 0.684. The summed E-state index contributed by atoms with van der Waals surface area (Å²) in [4.78, 5) is 71.9. The number of benzene rings is 1. The van der Waals surface area contributed by atoms with Crippen LogP contribution in [0.25, 0.3) is 0 Å². The number of ketones is 1. The summed E-state index contributed by atoms with van der Waals surface area (Å²) >= 11 is 0. The van der Waals surface area contributed by atoms with Gasteiger partial charge in [0.15, 0.2) is 0 Å². The van der Waals surface area contributed by atoms with Crippen molar-refractivity contribution in [2.45, 2.75) is 113 Å². The van der Waals surface area contributed by atoms with Gasteiger partial charge in [0.2, 0.25) is 24.0 Å². The van der Waals surface area contributed by atoms with E-state index in [0.29, 0.717) is 18.5 Å². The van der Waals surface area contributed by atoms with Gasteiger partial charge in [-0.2, -0.15) is 0 Å². The number of hydrogen-bond donors (Lipinski definition) is 7. The van der Waals surface area contributed by atoms with Gasteiger partial charge in [-0.3, -0.25) is 24.0 Å². The standard InChI is InChI=1S/C34H55N3O11.C4H10N2O/c1-8-25(39)18-31(46-16-13-38)48-28-17-24(20-47-34(44)23(6)7)9-10-26(28)36-30(42)19-35-33(43)32(22(4)5)37-29(41)12-15-45-14-11-27(40)21(2)3;1-2-3-6-4(5)7/h9-10,17,21-23,25,31-32,38-39H,8,11-16,18-20H2,1-7H3,(H,35,43)(H,36,42)(H,37,41);2-3H2,1H3,(H3,5,6,7). The topological polar surface area (TPSA) is 254 Å². The number of nitrogens with two attached hydrogens (primary N) is 1. The number of aliphatic hydroxyl groups is 2. The van der Waals surface area contributed by atoms with Crippen molar-refractivity contribution >= 4 is 41.2 Å². The van der Waals surface area contributed by atoms with E-state index >= 15 is 0 Å². The molecule has 8 N–H and O–H groups in total.